The second-order valence-electron chi connectivity index (χ2n) is 5.00. The van der Waals surface area contributed by atoms with Gasteiger partial charge in [0, 0.05) is 6.42 Å². The first-order chi connectivity index (χ1) is 10.9. The maximum atomic E-state index is 11.8. The van der Waals surface area contributed by atoms with Crippen LogP contribution in [0.25, 0.3) is 0 Å². The quantitative estimate of drug-likeness (QED) is 0.705. The lowest BCUT2D eigenvalue weighted by Gasteiger charge is -2.19. The average molecular weight is 335 g/mol. The smallest absolute Gasteiger partial charge is 0.408 e. The third-order valence-electron chi connectivity index (χ3n) is 3.18. The van der Waals surface area contributed by atoms with Crippen molar-refractivity contribution in [3.8, 4) is 0 Å². The number of carbonyl (C=O) groups excluding carboxylic acids is 1. The number of nitrogens with one attached hydrogen (secondary N) is 1. The second-order valence-corrected chi connectivity index (χ2v) is 6.80. The van der Waals surface area contributed by atoms with E-state index in [2.05, 4.69) is 5.32 Å². The van der Waals surface area contributed by atoms with Crippen molar-refractivity contribution in [2.24, 2.45) is 0 Å². The molecule has 1 atom stereocenters. The van der Waals surface area contributed by atoms with Gasteiger partial charge in [0.25, 0.3) is 0 Å². The van der Waals surface area contributed by atoms with Crippen LogP contribution in [0.5, 0.6) is 0 Å². The zero-order valence-electron chi connectivity index (χ0n) is 12.3. The molecule has 122 valence electrons. The highest BCUT2D eigenvalue weighted by Crippen LogP contribution is 2.41. The van der Waals surface area contributed by atoms with Gasteiger partial charge < -0.3 is 19.8 Å². The van der Waals surface area contributed by atoms with Gasteiger partial charge in [-0.2, -0.15) is 0 Å². The van der Waals surface area contributed by atoms with Gasteiger partial charge in [0.05, 0.1) is 0 Å². The van der Waals surface area contributed by atoms with Gasteiger partial charge in [-0.1, -0.05) is 60.7 Å². The third-order valence-corrected chi connectivity index (χ3v) is 4.30. The molecule has 0 saturated heterocycles. The summed E-state index contributed by atoms with van der Waals surface area (Å²) in [5, 5.41) is 2.25. The lowest BCUT2D eigenvalue weighted by molar-refractivity contribution is 0.137. The Hall–Kier alpha value is -2.14. The largest absolute Gasteiger partial charge is 0.445 e. The van der Waals surface area contributed by atoms with Gasteiger partial charge in [-0.05, 0) is 11.1 Å². The van der Waals surface area contributed by atoms with Gasteiger partial charge in [-0.3, -0.25) is 4.57 Å². The Balaban J connectivity index is 1.95. The van der Waals surface area contributed by atoms with E-state index in [4.69, 9.17) is 4.74 Å². The van der Waals surface area contributed by atoms with Crippen LogP contribution in [0.1, 0.15) is 11.1 Å². The van der Waals surface area contributed by atoms with E-state index in [0.717, 1.165) is 5.56 Å². The van der Waals surface area contributed by atoms with Crippen LogP contribution in [-0.2, 0) is 22.3 Å². The van der Waals surface area contributed by atoms with Crippen molar-refractivity contribution in [1.29, 1.82) is 0 Å². The Kier molecular flexibility index (Phi) is 5.93. The van der Waals surface area contributed by atoms with E-state index < -0.39 is 19.5 Å². The summed E-state index contributed by atoms with van der Waals surface area (Å²) >= 11 is 0. The maximum absolute atomic E-state index is 11.8. The molecule has 0 unspecified atom stereocenters. The fraction of sp³-hybridized carbons (Fsp3) is 0.188. The summed E-state index contributed by atoms with van der Waals surface area (Å²) in [5.41, 5.74) is 1.50. The standard InChI is InChI=1S/C16H18NO5P/c18-16(22-12-14-9-5-2-6-10-14)17-15(23(19,20)21)11-13-7-3-1-4-8-13/h1-10,15H,11-12H2,(H,17,18)(H2,19,20,21)/t15-/m0/s1. The van der Waals surface area contributed by atoms with Crippen molar-refractivity contribution in [2.75, 3.05) is 0 Å². The van der Waals surface area contributed by atoms with Crippen LogP contribution in [0.4, 0.5) is 4.79 Å². The van der Waals surface area contributed by atoms with Crippen molar-refractivity contribution < 1.29 is 23.9 Å². The Labute approximate surface area is 134 Å². The Morgan fingerprint density at radius 1 is 1.00 bits per heavy atom. The van der Waals surface area contributed by atoms with E-state index in [0.29, 0.717) is 5.56 Å². The molecule has 0 spiro atoms. The molecule has 0 saturated carbocycles. The lowest BCUT2D eigenvalue weighted by Crippen LogP contribution is -2.36. The molecule has 7 heteroatoms. The molecule has 0 aliphatic rings. The minimum atomic E-state index is -4.50. The first kappa shape index (κ1) is 17.2. The molecule has 0 heterocycles. The van der Waals surface area contributed by atoms with Crippen LogP contribution < -0.4 is 5.32 Å². The van der Waals surface area contributed by atoms with E-state index in [1.54, 1.807) is 42.5 Å². The number of amides is 1. The summed E-state index contributed by atoms with van der Waals surface area (Å²) in [5.74, 6) is -1.33. The summed E-state index contributed by atoms with van der Waals surface area (Å²) < 4.78 is 16.6. The molecule has 0 bridgehead atoms. The number of alkyl carbamates (subject to hydrolysis) is 1. The highest BCUT2D eigenvalue weighted by molar-refractivity contribution is 7.52. The van der Waals surface area contributed by atoms with Crippen molar-refractivity contribution in [3.63, 3.8) is 0 Å². The molecule has 2 aromatic rings. The maximum Gasteiger partial charge on any atom is 0.408 e. The minimum Gasteiger partial charge on any atom is -0.445 e. The number of carbonyl (C=O) groups is 1. The number of hydrogen-bond donors (Lipinski definition) is 3. The molecule has 1 amide bonds. The summed E-state index contributed by atoms with van der Waals surface area (Å²) in [6.45, 7) is 0.0336. The molecule has 0 fully saturated rings. The SMILES string of the molecule is O=C(N[C@H](Cc1ccccc1)P(=O)(O)O)OCc1ccccc1. The second kappa shape index (κ2) is 7.92. The molecule has 0 radical (unpaired) electrons. The molecular weight excluding hydrogens is 317 g/mol. The van der Waals surface area contributed by atoms with Gasteiger partial charge in [0.1, 0.15) is 12.4 Å². The topological polar surface area (TPSA) is 95.9 Å². The monoisotopic (exact) mass is 335 g/mol. The molecule has 3 N–H and O–H groups in total. The van der Waals surface area contributed by atoms with Crippen LogP contribution in [0, 0.1) is 0 Å². The van der Waals surface area contributed by atoms with E-state index in [-0.39, 0.29) is 13.0 Å². The average Bonchev–Trinajstić information content (AvgIpc) is 2.53. The van der Waals surface area contributed by atoms with E-state index in [9.17, 15) is 19.1 Å². The minimum absolute atomic E-state index is 0.0194. The molecule has 0 aliphatic carbocycles. The summed E-state index contributed by atoms with van der Waals surface area (Å²) in [4.78, 5) is 30.6. The fourth-order valence-corrected chi connectivity index (χ4v) is 2.71. The van der Waals surface area contributed by atoms with Gasteiger partial charge >= 0.3 is 13.7 Å². The summed E-state index contributed by atoms with van der Waals surface area (Å²) in [7, 11) is -4.50. The van der Waals surface area contributed by atoms with Crippen molar-refractivity contribution in [2.45, 2.75) is 18.8 Å². The van der Waals surface area contributed by atoms with E-state index >= 15 is 0 Å². The highest BCUT2D eigenvalue weighted by atomic mass is 31.2. The van der Waals surface area contributed by atoms with Gasteiger partial charge in [0.15, 0.2) is 0 Å². The van der Waals surface area contributed by atoms with Crippen molar-refractivity contribution in [1.82, 2.24) is 5.32 Å². The number of hydrogen-bond acceptors (Lipinski definition) is 3. The number of ether oxygens (including phenoxy) is 1. The molecule has 0 aromatic heterocycles. The van der Waals surface area contributed by atoms with E-state index in [1.165, 1.54) is 0 Å². The lowest BCUT2D eigenvalue weighted by atomic mass is 10.1. The van der Waals surface area contributed by atoms with Crippen LogP contribution >= 0.6 is 7.60 Å². The molecule has 2 aromatic carbocycles. The molecule has 0 aliphatic heterocycles. The van der Waals surface area contributed by atoms with Crippen molar-refractivity contribution in [3.05, 3.63) is 71.8 Å². The fourth-order valence-electron chi connectivity index (χ4n) is 1.99. The molecule has 6 nitrogen and oxygen atoms in total. The summed E-state index contributed by atoms with van der Waals surface area (Å²) in [6, 6.07) is 17.8. The summed E-state index contributed by atoms with van der Waals surface area (Å²) in [6.07, 6.45) is -0.843. The van der Waals surface area contributed by atoms with Crippen LogP contribution in [0.15, 0.2) is 60.7 Å². The Morgan fingerprint density at radius 2 is 1.52 bits per heavy atom. The molecular formula is C16H18NO5P. The van der Waals surface area contributed by atoms with Crippen LogP contribution in [0.3, 0.4) is 0 Å². The Bertz CT molecular complexity index is 671. The van der Waals surface area contributed by atoms with Crippen LogP contribution in [-0.4, -0.2) is 21.7 Å². The first-order valence-electron chi connectivity index (χ1n) is 7.01. The normalized spacial score (nSPS) is 12.4. The first-order valence-corrected chi connectivity index (χ1v) is 8.69. The predicted octanol–water partition coefficient (Wildman–Crippen LogP) is 2.66. The number of rotatable bonds is 6. The zero-order chi connectivity index (χ0) is 16.7. The van der Waals surface area contributed by atoms with Gasteiger partial charge in [-0.15, -0.1) is 0 Å². The Morgan fingerprint density at radius 3 is 2.04 bits per heavy atom. The van der Waals surface area contributed by atoms with Gasteiger partial charge in [0.2, 0.25) is 0 Å². The van der Waals surface area contributed by atoms with E-state index in [1.807, 2.05) is 18.2 Å². The highest BCUT2D eigenvalue weighted by Gasteiger charge is 2.31. The van der Waals surface area contributed by atoms with Crippen LogP contribution in [0.2, 0.25) is 0 Å². The molecule has 2 rings (SSSR count). The zero-order valence-corrected chi connectivity index (χ0v) is 13.2. The van der Waals surface area contributed by atoms with Gasteiger partial charge in [-0.25, -0.2) is 4.79 Å². The predicted molar refractivity (Wildman–Crippen MR) is 85.7 cm³/mol. The van der Waals surface area contributed by atoms with Crippen molar-refractivity contribution >= 4 is 13.7 Å². The number of benzene rings is 2. The molecule has 23 heavy (non-hydrogen) atoms. The third kappa shape index (κ3) is 5.87.